The fourth-order valence-electron chi connectivity index (χ4n) is 3.42. The van der Waals surface area contributed by atoms with Crippen LogP contribution >= 0.6 is 11.3 Å². The van der Waals surface area contributed by atoms with Gasteiger partial charge >= 0.3 is 0 Å². The maximum atomic E-state index is 12.8. The van der Waals surface area contributed by atoms with Crippen LogP contribution in [0.2, 0.25) is 0 Å². The molecule has 0 aliphatic rings. The van der Waals surface area contributed by atoms with E-state index in [1.54, 1.807) is 35.7 Å². The first-order valence-electron chi connectivity index (χ1n) is 11.9. The number of benzene rings is 1. The number of hydrogen-bond acceptors (Lipinski definition) is 9. The zero-order chi connectivity index (χ0) is 28.0. The Hall–Kier alpha value is -3.40. The van der Waals surface area contributed by atoms with E-state index in [1.165, 1.54) is 6.20 Å². The highest BCUT2D eigenvalue weighted by Crippen LogP contribution is 2.11. The summed E-state index contributed by atoms with van der Waals surface area (Å²) in [5, 5.41) is 6.92. The number of nitrogens with one attached hydrogen (secondary N) is 3. The maximum absolute atomic E-state index is 12.8. The van der Waals surface area contributed by atoms with Crippen molar-refractivity contribution in [2.75, 3.05) is 19.6 Å². The van der Waals surface area contributed by atoms with Gasteiger partial charge in [-0.2, -0.15) is 0 Å². The van der Waals surface area contributed by atoms with Gasteiger partial charge in [-0.1, -0.05) is 30.3 Å². The monoisotopic (exact) mass is 566 g/mol. The predicted octanol–water partition coefficient (Wildman–Crippen LogP) is -0.792. The summed E-state index contributed by atoms with van der Waals surface area (Å²) in [4.78, 5) is 46.1. The smallest absolute Gasteiger partial charge is 0.239 e. The number of amides is 2. The van der Waals surface area contributed by atoms with Crippen LogP contribution in [0.25, 0.3) is 0 Å². The molecule has 2 atom stereocenters. The van der Waals surface area contributed by atoms with Gasteiger partial charge in [0.2, 0.25) is 27.6 Å². The van der Waals surface area contributed by atoms with Gasteiger partial charge in [-0.05, 0) is 37.8 Å². The summed E-state index contributed by atoms with van der Waals surface area (Å²) in [6.07, 6.45) is 2.67. The highest BCUT2D eigenvalue weighted by atomic mass is 32.2. The summed E-state index contributed by atoms with van der Waals surface area (Å²) in [6, 6.07) is 6.51. The maximum Gasteiger partial charge on any atom is 0.239 e. The first kappa shape index (κ1) is 30.8. The van der Waals surface area contributed by atoms with E-state index in [1.807, 2.05) is 0 Å². The molecular weight excluding hydrogens is 532 g/mol. The molecule has 0 bridgehead atoms. The molecule has 208 valence electrons. The second-order valence-corrected chi connectivity index (χ2v) is 11.0. The number of aliphatic imine (C=N–C) groups is 1. The molecule has 0 radical (unpaired) electrons. The van der Waals surface area contributed by atoms with Crippen LogP contribution < -0.4 is 32.6 Å². The van der Waals surface area contributed by atoms with Crippen LogP contribution in [-0.2, 0) is 25.4 Å². The average Bonchev–Trinajstić information content (AvgIpc) is 3.41. The minimum Gasteiger partial charge on any atom is -0.370 e. The first-order chi connectivity index (χ1) is 18.1. The van der Waals surface area contributed by atoms with Crippen molar-refractivity contribution in [2.45, 2.75) is 43.5 Å². The Balaban J connectivity index is 1.98. The third-order valence-electron chi connectivity index (χ3n) is 5.20. The summed E-state index contributed by atoms with van der Waals surface area (Å²) >= 11 is 1.14. The number of nitrogens with two attached hydrogens (primary N) is 3. The number of carbonyl (C=O) groups excluding carboxylic acids is 3. The molecule has 0 fully saturated rings. The number of thiazole rings is 1. The molecule has 38 heavy (non-hydrogen) atoms. The first-order valence-corrected chi connectivity index (χ1v) is 14.4. The Morgan fingerprint density at radius 1 is 1.05 bits per heavy atom. The second-order valence-electron chi connectivity index (χ2n) is 8.33. The van der Waals surface area contributed by atoms with Gasteiger partial charge in [0.25, 0.3) is 0 Å². The number of nitrogens with zero attached hydrogens (tertiary/aromatic N) is 2. The lowest BCUT2D eigenvalue weighted by Gasteiger charge is -2.20. The van der Waals surface area contributed by atoms with E-state index in [9.17, 15) is 22.8 Å². The summed E-state index contributed by atoms with van der Waals surface area (Å²) in [6.45, 7) is 0.0571. The van der Waals surface area contributed by atoms with Crippen molar-refractivity contribution in [3.05, 3.63) is 52.5 Å². The quantitative estimate of drug-likeness (QED) is 0.0609. The number of ketones is 1. The summed E-state index contributed by atoms with van der Waals surface area (Å²) < 4.78 is 27.7. The van der Waals surface area contributed by atoms with E-state index < -0.39 is 40.5 Å². The third-order valence-corrected chi connectivity index (χ3v) is 7.34. The van der Waals surface area contributed by atoms with Crippen LogP contribution in [0.4, 0.5) is 0 Å². The van der Waals surface area contributed by atoms with Crippen LogP contribution in [0.3, 0.4) is 0 Å². The van der Waals surface area contributed by atoms with E-state index in [-0.39, 0.29) is 48.4 Å². The lowest BCUT2D eigenvalue weighted by atomic mass is 10.1. The molecule has 1 aromatic carbocycles. The van der Waals surface area contributed by atoms with Crippen molar-refractivity contribution in [1.82, 2.24) is 20.3 Å². The summed E-state index contributed by atoms with van der Waals surface area (Å²) in [5.41, 5.74) is 16.7. The van der Waals surface area contributed by atoms with Gasteiger partial charge in [0, 0.05) is 18.1 Å². The molecule has 13 nitrogen and oxygen atoms in total. The number of Topliss-reactive ketones (excluding diaryl/α,β-unsaturated/α-hetero) is 1. The Morgan fingerprint density at radius 3 is 2.39 bits per heavy atom. The fraction of sp³-hybridized carbons (Fsp3) is 0.435. The summed E-state index contributed by atoms with van der Waals surface area (Å²) in [5.74, 6) is -2.07. The molecule has 15 heteroatoms. The number of guanidine groups is 1. The van der Waals surface area contributed by atoms with E-state index in [4.69, 9.17) is 17.2 Å². The van der Waals surface area contributed by atoms with Gasteiger partial charge in [0.05, 0.1) is 18.3 Å². The molecular formula is C23H34N8O5S2. The number of carbonyl (C=O) groups is 3. The molecule has 0 spiro atoms. The van der Waals surface area contributed by atoms with Gasteiger partial charge in [-0.25, -0.2) is 18.1 Å². The van der Waals surface area contributed by atoms with Crippen molar-refractivity contribution in [3.63, 3.8) is 0 Å². The minimum absolute atomic E-state index is 0.0804. The van der Waals surface area contributed by atoms with Gasteiger partial charge in [-0.3, -0.25) is 19.4 Å². The lowest BCUT2D eigenvalue weighted by Crippen LogP contribution is -2.51. The molecule has 2 aromatic rings. The van der Waals surface area contributed by atoms with E-state index in [0.29, 0.717) is 18.4 Å². The Kier molecular flexibility index (Phi) is 12.8. The van der Waals surface area contributed by atoms with Crippen molar-refractivity contribution < 1.29 is 22.8 Å². The Morgan fingerprint density at radius 2 is 1.76 bits per heavy atom. The molecule has 2 amide bonds. The molecule has 1 heterocycles. The van der Waals surface area contributed by atoms with E-state index in [2.05, 4.69) is 25.3 Å². The molecule has 0 unspecified atom stereocenters. The van der Waals surface area contributed by atoms with Crippen LogP contribution in [0.5, 0.6) is 0 Å². The predicted molar refractivity (Wildman–Crippen MR) is 146 cm³/mol. The zero-order valence-corrected chi connectivity index (χ0v) is 22.5. The van der Waals surface area contributed by atoms with Gasteiger partial charge in [0.15, 0.2) is 11.0 Å². The standard InChI is InChI=1S/C23H34N8O5S2/c24-10-4-8-18(31-38(35,36)15-16-6-2-1-3-7-16)21(34)29-14-19(32)30-17(9-5-11-28-23(25)26)20(33)22-27-12-13-37-22/h1-3,6-7,12-13,17-18,31H,4-5,8-11,14-15,24H2,(H,29,34)(H,30,32)(H4,25,26,28)/t17-,18+/m0/s1. The Labute approximate surface area is 225 Å². The number of aromatic nitrogens is 1. The van der Waals surface area contributed by atoms with E-state index in [0.717, 1.165) is 11.3 Å². The highest BCUT2D eigenvalue weighted by Gasteiger charge is 2.27. The van der Waals surface area contributed by atoms with E-state index >= 15 is 0 Å². The number of hydrogen-bond donors (Lipinski definition) is 6. The topological polar surface area (TPSA) is 225 Å². The average molecular weight is 567 g/mol. The molecule has 0 saturated carbocycles. The normalized spacial score (nSPS) is 12.8. The molecule has 1 aromatic heterocycles. The minimum atomic E-state index is -3.85. The summed E-state index contributed by atoms with van der Waals surface area (Å²) in [7, 11) is -3.85. The molecule has 2 rings (SSSR count). The number of rotatable bonds is 17. The largest absolute Gasteiger partial charge is 0.370 e. The van der Waals surface area contributed by atoms with Crippen molar-refractivity contribution in [3.8, 4) is 0 Å². The molecule has 9 N–H and O–H groups in total. The van der Waals surface area contributed by atoms with Crippen LogP contribution in [0.1, 0.15) is 41.0 Å². The fourth-order valence-corrected chi connectivity index (χ4v) is 5.42. The Bertz CT molecular complexity index is 1170. The van der Waals surface area contributed by atoms with Gasteiger partial charge in [0.1, 0.15) is 6.04 Å². The van der Waals surface area contributed by atoms with Crippen molar-refractivity contribution in [1.29, 1.82) is 0 Å². The van der Waals surface area contributed by atoms with Gasteiger partial charge in [-0.15, -0.1) is 11.3 Å². The molecule has 0 saturated heterocycles. The van der Waals surface area contributed by atoms with Crippen LogP contribution in [0, 0.1) is 0 Å². The van der Waals surface area contributed by atoms with Crippen molar-refractivity contribution in [2.24, 2.45) is 22.2 Å². The zero-order valence-electron chi connectivity index (χ0n) is 20.8. The van der Waals surface area contributed by atoms with Crippen molar-refractivity contribution >= 4 is 44.9 Å². The SMILES string of the molecule is NCCC[C@@H](NS(=O)(=O)Cc1ccccc1)C(=O)NCC(=O)N[C@@H](CCCN=C(N)N)C(=O)c1nccs1. The van der Waals surface area contributed by atoms with Crippen LogP contribution in [0.15, 0.2) is 46.9 Å². The lowest BCUT2D eigenvalue weighted by molar-refractivity contribution is -0.127. The third kappa shape index (κ3) is 11.3. The van der Waals surface area contributed by atoms with Crippen LogP contribution in [-0.4, -0.2) is 68.7 Å². The van der Waals surface area contributed by atoms with Gasteiger partial charge < -0.3 is 27.8 Å². The molecule has 0 aliphatic heterocycles. The number of sulfonamides is 1. The molecule has 0 aliphatic carbocycles. The second kappa shape index (κ2) is 15.8. The highest BCUT2D eigenvalue weighted by molar-refractivity contribution is 7.88.